The van der Waals surface area contributed by atoms with Crippen LogP contribution in [-0.2, 0) is 0 Å². The van der Waals surface area contributed by atoms with Gasteiger partial charge in [-0.25, -0.2) is 4.39 Å². The second kappa shape index (κ2) is 5.70. The molecule has 106 valence electrons. The molecule has 2 aromatic rings. The van der Waals surface area contributed by atoms with Gasteiger partial charge in [0.25, 0.3) is 0 Å². The van der Waals surface area contributed by atoms with Crippen LogP contribution in [-0.4, -0.2) is 11.2 Å². The Hall–Kier alpha value is -2.13. The summed E-state index contributed by atoms with van der Waals surface area (Å²) >= 11 is 6.23. The number of hydrogen-bond acceptors (Lipinski definition) is 2. The van der Waals surface area contributed by atoms with Crippen molar-refractivity contribution < 1.29 is 4.39 Å². The lowest BCUT2D eigenvalue weighted by molar-refractivity contribution is 0.374. The molecular weight excluding hydrogens is 287 g/mol. The van der Waals surface area contributed by atoms with Crippen LogP contribution < -0.4 is 5.32 Å². The molecule has 21 heavy (non-hydrogen) atoms. The molecule has 1 unspecified atom stereocenters. The Morgan fingerprint density at radius 3 is 2.71 bits per heavy atom. The highest BCUT2D eigenvalue weighted by Crippen LogP contribution is 2.36. The van der Waals surface area contributed by atoms with Gasteiger partial charge in [-0.05, 0) is 17.2 Å². The van der Waals surface area contributed by atoms with Crippen LogP contribution in [0.3, 0.4) is 0 Å². The Kier molecular flexibility index (Phi) is 3.76. The molecule has 1 N–H and O–H groups in total. The highest BCUT2D eigenvalue weighted by atomic mass is 35.5. The maximum absolute atomic E-state index is 14.1. The predicted octanol–water partition coefficient (Wildman–Crippen LogP) is 4.45. The molecule has 0 radical (unpaired) electrons. The smallest absolute Gasteiger partial charge is 0.143 e. The summed E-state index contributed by atoms with van der Waals surface area (Å²) in [5.41, 5.74) is 3.83. The van der Waals surface area contributed by atoms with Crippen LogP contribution in [0.15, 0.2) is 61.1 Å². The van der Waals surface area contributed by atoms with Gasteiger partial charge in [0, 0.05) is 30.1 Å². The van der Waals surface area contributed by atoms with Crippen molar-refractivity contribution >= 4 is 22.9 Å². The van der Waals surface area contributed by atoms with Gasteiger partial charge in [-0.3, -0.25) is 4.98 Å². The number of nitrogens with zero attached hydrogens (tertiary/aromatic N) is 1. The number of hydrogen-bond donors (Lipinski definition) is 1. The van der Waals surface area contributed by atoms with E-state index < -0.39 is 6.17 Å². The molecule has 1 aromatic carbocycles. The van der Waals surface area contributed by atoms with Crippen molar-refractivity contribution in [2.45, 2.75) is 12.6 Å². The molecule has 0 amide bonds. The highest BCUT2D eigenvalue weighted by Gasteiger charge is 2.26. The van der Waals surface area contributed by atoms with Gasteiger partial charge in [-0.2, -0.15) is 0 Å². The minimum absolute atomic E-state index is 0.282. The van der Waals surface area contributed by atoms with E-state index >= 15 is 0 Å². The Bertz CT molecular complexity index is 710. The molecule has 0 spiro atoms. The van der Waals surface area contributed by atoms with Crippen molar-refractivity contribution in [2.75, 3.05) is 0 Å². The van der Waals surface area contributed by atoms with Gasteiger partial charge in [-0.1, -0.05) is 48.5 Å². The van der Waals surface area contributed by atoms with E-state index in [1.165, 1.54) is 0 Å². The first kappa shape index (κ1) is 13.8. The van der Waals surface area contributed by atoms with Gasteiger partial charge >= 0.3 is 0 Å². The van der Waals surface area contributed by atoms with Crippen LogP contribution in [0, 0.1) is 0 Å². The van der Waals surface area contributed by atoms with Gasteiger partial charge in [0.1, 0.15) is 6.17 Å². The zero-order valence-corrected chi connectivity index (χ0v) is 12.1. The van der Waals surface area contributed by atoms with Crippen LogP contribution in [0.4, 0.5) is 4.39 Å². The van der Waals surface area contributed by atoms with Crippen LogP contribution in [0.25, 0.3) is 11.3 Å². The number of nitrogens with one attached hydrogen (secondary N) is 1. The Morgan fingerprint density at radius 1 is 1.24 bits per heavy atom. The third-order valence-corrected chi connectivity index (χ3v) is 3.81. The summed E-state index contributed by atoms with van der Waals surface area (Å²) in [6, 6.07) is 11.6. The summed E-state index contributed by atoms with van der Waals surface area (Å²) in [5, 5.41) is 3.60. The lowest BCUT2D eigenvalue weighted by Crippen LogP contribution is -2.26. The van der Waals surface area contributed by atoms with E-state index in [-0.39, 0.29) is 6.42 Å². The number of benzene rings is 1. The molecule has 0 saturated heterocycles. The molecule has 1 atom stereocenters. The topological polar surface area (TPSA) is 24.9 Å². The minimum atomic E-state index is -1.11. The Labute approximate surface area is 128 Å². The first-order valence-corrected chi connectivity index (χ1v) is 7.03. The summed E-state index contributed by atoms with van der Waals surface area (Å²) in [5.74, 6) is 0. The molecular formula is C17H14ClFN2. The quantitative estimate of drug-likeness (QED) is 0.886. The van der Waals surface area contributed by atoms with Crippen molar-refractivity contribution in [3.63, 3.8) is 0 Å². The van der Waals surface area contributed by atoms with Crippen molar-refractivity contribution in [3.8, 4) is 0 Å². The van der Waals surface area contributed by atoms with E-state index in [4.69, 9.17) is 11.6 Å². The number of alkyl halides is 1. The Morgan fingerprint density at radius 2 is 2.00 bits per heavy atom. The summed E-state index contributed by atoms with van der Waals surface area (Å²) < 4.78 is 14.1. The molecule has 1 aromatic heterocycles. The zero-order valence-electron chi connectivity index (χ0n) is 11.3. The summed E-state index contributed by atoms with van der Waals surface area (Å²) in [7, 11) is 0. The van der Waals surface area contributed by atoms with Crippen molar-refractivity contribution in [1.29, 1.82) is 0 Å². The second-order valence-corrected chi connectivity index (χ2v) is 5.30. The average molecular weight is 301 g/mol. The highest BCUT2D eigenvalue weighted by molar-refractivity contribution is 6.32. The maximum atomic E-state index is 14.1. The van der Waals surface area contributed by atoms with Gasteiger partial charge in [0.2, 0.25) is 0 Å². The normalized spacial score (nSPS) is 18.6. The van der Waals surface area contributed by atoms with Gasteiger partial charge < -0.3 is 5.32 Å². The van der Waals surface area contributed by atoms with Gasteiger partial charge in [0.15, 0.2) is 0 Å². The van der Waals surface area contributed by atoms with Crippen LogP contribution >= 0.6 is 11.6 Å². The fraction of sp³-hybridized carbons (Fsp3) is 0.118. The molecule has 1 aliphatic rings. The van der Waals surface area contributed by atoms with E-state index in [1.807, 2.05) is 36.4 Å². The number of allylic oxidation sites excluding steroid dienone is 2. The fourth-order valence-corrected chi connectivity index (χ4v) is 2.64. The van der Waals surface area contributed by atoms with E-state index in [0.717, 1.165) is 22.4 Å². The number of halogens is 2. The lowest BCUT2D eigenvalue weighted by Gasteiger charge is -2.27. The van der Waals surface area contributed by atoms with Crippen LogP contribution in [0.1, 0.15) is 17.5 Å². The fourth-order valence-electron chi connectivity index (χ4n) is 2.43. The van der Waals surface area contributed by atoms with Gasteiger partial charge in [0.05, 0.1) is 10.7 Å². The van der Waals surface area contributed by atoms with Crippen molar-refractivity contribution in [1.82, 2.24) is 10.3 Å². The molecule has 4 heteroatoms. The second-order valence-electron chi connectivity index (χ2n) is 4.90. The standard InChI is InChI=1S/C17H14ClFN2/c1-11-16(19)9-14(12-5-3-2-4-6-12)17(21-11)13-7-8-20-10-15(13)18/h2-8,10,16,21H,1,9H2. The first-order valence-electron chi connectivity index (χ1n) is 6.65. The monoisotopic (exact) mass is 300 g/mol. The van der Waals surface area contributed by atoms with Crippen molar-refractivity contribution in [3.05, 3.63) is 77.2 Å². The predicted molar refractivity (Wildman–Crippen MR) is 84.3 cm³/mol. The summed E-state index contributed by atoms with van der Waals surface area (Å²) in [4.78, 5) is 3.99. The zero-order chi connectivity index (χ0) is 14.8. The van der Waals surface area contributed by atoms with E-state index in [0.29, 0.717) is 10.7 Å². The van der Waals surface area contributed by atoms with Gasteiger partial charge in [-0.15, -0.1) is 0 Å². The molecule has 0 fully saturated rings. The molecule has 3 rings (SSSR count). The third kappa shape index (κ3) is 2.69. The van der Waals surface area contributed by atoms with Crippen LogP contribution in [0.2, 0.25) is 5.02 Å². The lowest BCUT2D eigenvalue weighted by atomic mass is 9.91. The molecule has 1 aliphatic heterocycles. The summed E-state index contributed by atoms with van der Waals surface area (Å²) in [6.45, 7) is 3.75. The molecule has 2 nitrogen and oxygen atoms in total. The average Bonchev–Trinajstić information content (AvgIpc) is 2.51. The number of pyridine rings is 1. The largest absolute Gasteiger partial charge is 0.356 e. The third-order valence-electron chi connectivity index (χ3n) is 3.51. The number of rotatable bonds is 2. The first-order chi connectivity index (χ1) is 10.2. The van der Waals surface area contributed by atoms with Crippen molar-refractivity contribution in [2.24, 2.45) is 0 Å². The SMILES string of the molecule is C=C1NC(c2ccncc2Cl)=C(c2ccccc2)CC1F. The minimum Gasteiger partial charge on any atom is -0.356 e. The van der Waals surface area contributed by atoms with E-state index in [9.17, 15) is 4.39 Å². The Balaban J connectivity index is 2.19. The van der Waals surface area contributed by atoms with E-state index in [1.54, 1.807) is 12.4 Å². The molecule has 0 aliphatic carbocycles. The summed E-state index contributed by atoms with van der Waals surface area (Å²) in [6.07, 6.45) is 2.43. The molecule has 0 bridgehead atoms. The van der Waals surface area contributed by atoms with E-state index in [2.05, 4.69) is 16.9 Å². The maximum Gasteiger partial charge on any atom is 0.143 e. The van der Waals surface area contributed by atoms with Crippen LogP contribution in [0.5, 0.6) is 0 Å². The molecule has 2 heterocycles. The molecule has 0 saturated carbocycles. The number of aromatic nitrogens is 1.